The van der Waals surface area contributed by atoms with Crippen LogP contribution in [0.4, 0.5) is 0 Å². The molecule has 0 saturated carbocycles. The molecule has 3 nitrogen and oxygen atoms in total. The minimum Gasteiger partial charge on any atom is -0.461 e. The molecule has 0 amide bonds. The van der Waals surface area contributed by atoms with Crippen LogP contribution in [-0.4, -0.2) is 17.6 Å². The second-order valence-corrected chi connectivity index (χ2v) is 5.09. The van der Waals surface area contributed by atoms with Crippen LogP contribution in [0.5, 0.6) is 0 Å². The maximum absolute atomic E-state index is 12.2. The number of nitrogens with one attached hydrogen (secondary N) is 1. The Kier molecular flexibility index (Phi) is 3.67. The SMILES string of the molecule is CCOC(=O)c1[nH]c2cc(Cl)ccc2c1-c1ccccc1. The van der Waals surface area contributed by atoms with E-state index in [0.29, 0.717) is 17.3 Å². The van der Waals surface area contributed by atoms with E-state index in [0.717, 1.165) is 22.0 Å². The van der Waals surface area contributed by atoms with Gasteiger partial charge in [-0.25, -0.2) is 4.79 Å². The fourth-order valence-corrected chi connectivity index (χ4v) is 2.60. The van der Waals surface area contributed by atoms with Crippen molar-refractivity contribution >= 4 is 28.5 Å². The number of fused-ring (bicyclic) bond motifs is 1. The van der Waals surface area contributed by atoms with Gasteiger partial charge in [0.05, 0.1) is 6.61 Å². The van der Waals surface area contributed by atoms with Gasteiger partial charge in [0, 0.05) is 21.5 Å². The van der Waals surface area contributed by atoms with E-state index < -0.39 is 0 Å². The molecule has 0 saturated heterocycles. The highest BCUT2D eigenvalue weighted by atomic mass is 35.5. The maximum Gasteiger partial charge on any atom is 0.355 e. The number of carbonyl (C=O) groups is 1. The molecule has 0 aliphatic carbocycles. The van der Waals surface area contributed by atoms with Gasteiger partial charge in [-0.15, -0.1) is 0 Å². The van der Waals surface area contributed by atoms with Crippen molar-refractivity contribution < 1.29 is 9.53 Å². The summed E-state index contributed by atoms with van der Waals surface area (Å²) >= 11 is 6.03. The highest BCUT2D eigenvalue weighted by Gasteiger charge is 2.20. The fourth-order valence-electron chi connectivity index (χ4n) is 2.43. The molecule has 1 aromatic heterocycles. The lowest BCUT2D eigenvalue weighted by molar-refractivity contribution is 0.0521. The quantitative estimate of drug-likeness (QED) is 0.714. The molecule has 3 aromatic rings. The Morgan fingerprint density at radius 3 is 2.67 bits per heavy atom. The van der Waals surface area contributed by atoms with Crippen LogP contribution in [0.1, 0.15) is 17.4 Å². The zero-order chi connectivity index (χ0) is 14.8. The Hall–Kier alpha value is -2.26. The Morgan fingerprint density at radius 1 is 1.19 bits per heavy atom. The standard InChI is InChI=1S/C17H14ClNO2/c1-2-21-17(20)16-15(11-6-4-3-5-7-11)13-9-8-12(18)10-14(13)19-16/h3-10,19H,2H2,1H3. The molecular formula is C17H14ClNO2. The van der Waals surface area contributed by atoms with Gasteiger partial charge in [-0.1, -0.05) is 48.0 Å². The average Bonchev–Trinajstić information content (AvgIpc) is 2.87. The van der Waals surface area contributed by atoms with Crippen molar-refractivity contribution in [3.63, 3.8) is 0 Å². The fraction of sp³-hybridized carbons (Fsp3) is 0.118. The summed E-state index contributed by atoms with van der Waals surface area (Å²) in [6, 6.07) is 15.3. The van der Waals surface area contributed by atoms with Crippen LogP contribution in [0, 0.1) is 0 Å². The zero-order valence-electron chi connectivity index (χ0n) is 11.5. The molecule has 0 spiro atoms. The summed E-state index contributed by atoms with van der Waals surface area (Å²) in [5, 5.41) is 1.58. The van der Waals surface area contributed by atoms with Crippen molar-refractivity contribution in [3.8, 4) is 11.1 Å². The van der Waals surface area contributed by atoms with Crippen molar-refractivity contribution in [1.29, 1.82) is 0 Å². The number of hydrogen-bond donors (Lipinski definition) is 1. The first-order valence-electron chi connectivity index (χ1n) is 6.74. The highest BCUT2D eigenvalue weighted by Crippen LogP contribution is 2.34. The molecule has 0 aliphatic rings. The average molecular weight is 300 g/mol. The molecule has 0 fully saturated rings. The van der Waals surface area contributed by atoms with E-state index in [1.165, 1.54) is 0 Å². The van der Waals surface area contributed by atoms with Gasteiger partial charge in [0.2, 0.25) is 0 Å². The second-order valence-electron chi connectivity index (χ2n) is 4.65. The van der Waals surface area contributed by atoms with E-state index in [1.807, 2.05) is 48.5 Å². The van der Waals surface area contributed by atoms with E-state index in [2.05, 4.69) is 4.98 Å². The summed E-state index contributed by atoms with van der Waals surface area (Å²) in [6.45, 7) is 2.13. The third-order valence-electron chi connectivity index (χ3n) is 3.30. The number of aromatic amines is 1. The van der Waals surface area contributed by atoms with Crippen LogP contribution in [-0.2, 0) is 4.74 Å². The number of benzene rings is 2. The predicted octanol–water partition coefficient (Wildman–Crippen LogP) is 4.67. The van der Waals surface area contributed by atoms with Crippen LogP contribution < -0.4 is 0 Å². The maximum atomic E-state index is 12.2. The lowest BCUT2D eigenvalue weighted by atomic mass is 10.0. The number of aromatic nitrogens is 1. The number of ether oxygens (including phenoxy) is 1. The molecule has 0 bridgehead atoms. The summed E-state index contributed by atoms with van der Waals surface area (Å²) in [4.78, 5) is 15.3. The first-order valence-corrected chi connectivity index (χ1v) is 7.12. The largest absolute Gasteiger partial charge is 0.461 e. The molecule has 3 rings (SSSR count). The van der Waals surface area contributed by atoms with E-state index in [-0.39, 0.29) is 5.97 Å². The summed E-state index contributed by atoms with van der Waals surface area (Å²) in [5.74, 6) is -0.358. The zero-order valence-corrected chi connectivity index (χ0v) is 12.3. The van der Waals surface area contributed by atoms with Crippen molar-refractivity contribution in [2.75, 3.05) is 6.61 Å². The van der Waals surface area contributed by atoms with E-state index in [1.54, 1.807) is 6.92 Å². The number of rotatable bonds is 3. The monoisotopic (exact) mass is 299 g/mol. The van der Waals surface area contributed by atoms with E-state index in [4.69, 9.17) is 16.3 Å². The minimum absolute atomic E-state index is 0.336. The number of halogens is 1. The Bertz CT molecular complexity index is 793. The molecule has 0 radical (unpaired) electrons. The minimum atomic E-state index is -0.358. The number of esters is 1. The lowest BCUT2D eigenvalue weighted by Gasteiger charge is -2.04. The topological polar surface area (TPSA) is 42.1 Å². The van der Waals surface area contributed by atoms with Crippen molar-refractivity contribution in [3.05, 3.63) is 59.2 Å². The van der Waals surface area contributed by atoms with Gasteiger partial charge in [-0.05, 0) is 24.6 Å². The van der Waals surface area contributed by atoms with Crippen molar-refractivity contribution in [1.82, 2.24) is 4.98 Å². The smallest absolute Gasteiger partial charge is 0.355 e. The first-order chi connectivity index (χ1) is 10.2. The molecule has 21 heavy (non-hydrogen) atoms. The van der Waals surface area contributed by atoms with Crippen LogP contribution >= 0.6 is 11.6 Å². The third kappa shape index (κ3) is 2.52. The van der Waals surface area contributed by atoms with Crippen molar-refractivity contribution in [2.45, 2.75) is 6.92 Å². The molecular weight excluding hydrogens is 286 g/mol. The number of carbonyl (C=O) groups excluding carboxylic acids is 1. The van der Waals surface area contributed by atoms with Gasteiger partial charge < -0.3 is 9.72 Å². The third-order valence-corrected chi connectivity index (χ3v) is 3.54. The number of H-pyrrole nitrogens is 1. The lowest BCUT2D eigenvalue weighted by Crippen LogP contribution is -2.06. The second kappa shape index (κ2) is 5.62. The summed E-state index contributed by atoms with van der Waals surface area (Å²) in [6.07, 6.45) is 0. The molecule has 2 aromatic carbocycles. The Morgan fingerprint density at radius 2 is 1.95 bits per heavy atom. The van der Waals surface area contributed by atoms with Gasteiger partial charge in [-0.3, -0.25) is 0 Å². The molecule has 0 aliphatic heterocycles. The highest BCUT2D eigenvalue weighted by molar-refractivity contribution is 6.31. The van der Waals surface area contributed by atoms with Gasteiger partial charge in [-0.2, -0.15) is 0 Å². The van der Waals surface area contributed by atoms with Gasteiger partial charge >= 0.3 is 5.97 Å². The van der Waals surface area contributed by atoms with Crippen LogP contribution in [0.3, 0.4) is 0 Å². The summed E-state index contributed by atoms with van der Waals surface area (Å²) in [5.41, 5.74) is 3.10. The van der Waals surface area contributed by atoms with E-state index in [9.17, 15) is 4.79 Å². The van der Waals surface area contributed by atoms with Gasteiger partial charge in [0.25, 0.3) is 0 Å². The van der Waals surface area contributed by atoms with Crippen molar-refractivity contribution in [2.24, 2.45) is 0 Å². The Labute approximate surface area is 127 Å². The summed E-state index contributed by atoms with van der Waals surface area (Å²) < 4.78 is 5.15. The van der Waals surface area contributed by atoms with Gasteiger partial charge in [0.1, 0.15) is 5.69 Å². The molecule has 0 unspecified atom stereocenters. The van der Waals surface area contributed by atoms with Crippen LogP contribution in [0.25, 0.3) is 22.0 Å². The molecule has 0 atom stereocenters. The van der Waals surface area contributed by atoms with Crippen LogP contribution in [0.2, 0.25) is 5.02 Å². The molecule has 4 heteroatoms. The first kappa shape index (κ1) is 13.7. The Balaban J connectivity index is 2.28. The molecule has 1 N–H and O–H groups in total. The predicted molar refractivity (Wildman–Crippen MR) is 84.7 cm³/mol. The van der Waals surface area contributed by atoms with E-state index >= 15 is 0 Å². The van der Waals surface area contributed by atoms with Gasteiger partial charge in [0.15, 0.2) is 0 Å². The molecule has 1 heterocycles. The normalized spacial score (nSPS) is 10.8. The molecule has 106 valence electrons. The summed E-state index contributed by atoms with van der Waals surface area (Å²) in [7, 11) is 0. The van der Waals surface area contributed by atoms with Crippen LogP contribution in [0.15, 0.2) is 48.5 Å². The number of hydrogen-bond acceptors (Lipinski definition) is 2.